The molecule has 0 bridgehead atoms. The molecule has 2 rings (SSSR count). The largest absolute Gasteiger partial charge is 0.478 e. The number of rotatable bonds is 5. The third-order valence-electron chi connectivity index (χ3n) is 3.72. The lowest BCUT2D eigenvalue weighted by atomic mass is 10.2. The Labute approximate surface area is 152 Å². The fraction of sp³-hybridized carbons (Fsp3) is 0.278. The minimum Gasteiger partial charge on any atom is -0.478 e. The van der Waals surface area contributed by atoms with Crippen molar-refractivity contribution in [1.82, 2.24) is 4.98 Å². The first-order chi connectivity index (χ1) is 12.0. The fourth-order valence-electron chi connectivity index (χ4n) is 2.06. The van der Waals surface area contributed by atoms with Crippen molar-refractivity contribution in [3.63, 3.8) is 0 Å². The quantitative estimate of drug-likeness (QED) is 0.829. The number of anilines is 1. The zero-order chi connectivity index (χ0) is 19.5. The molecule has 0 saturated heterocycles. The van der Waals surface area contributed by atoms with Gasteiger partial charge in [-0.3, -0.25) is 9.78 Å². The van der Waals surface area contributed by atoms with E-state index in [1.807, 2.05) is 0 Å². The minimum absolute atomic E-state index is 0.0947. The van der Waals surface area contributed by atoms with Crippen molar-refractivity contribution in [3.8, 4) is 0 Å². The molecule has 26 heavy (non-hydrogen) atoms. The minimum atomic E-state index is -3.35. The van der Waals surface area contributed by atoms with Gasteiger partial charge in [-0.25, -0.2) is 13.2 Å². The molecular formula is C18H20N2O5S. The van der Waals surface area contributed by atoms with Crippen LogP contribution in [0.15, 0.2) is 42.7 Å². The van der Waals surface area contributed by atoms with Gasteiger partial charge < -0.3 is 10.4 Å². The Hall–Kier alpha value is -2.74. The summed E-state index contributed by atoms with van der Waals surface area (Å²) in [4.78, 5) is 27.0. The Morgan fingerprint density at radius 2 is 1.77 bits per heavy atom. The summed E-state index contributed by atoms with van der Waals surface area (Å²) in [6.45, 7) is 4.91. The maximum Gasteiger partial charge on any atom is 0.337 e. The number of nitrogens with zero attached hydrogens (tertiary/aromatic N) is 1. The van der Waals surface area contributed by atoms with E-state index in [2.05, 4.69) is 10.3 Å². The maximum atomic E-state index is 12.3. The normalized spacial score (nSPS) is 11.8. The summed E-state index contributed by atoms with van der Waals surface area (Å²) < 4.78 is 23.8. The highest BCUT2D eigenvalue weighted by Gasteiger charge is 2.29. The number of nitrogens with one attached hydrogen (secondary N) is 1. The summed E-state index contributed by atoms with van der Waals surface area (Å²) >= 11 is 0. The molecule has 1 amide bonds. The Morgan fingerprint density at radius 3 is 2.38 bits per heavy atom. The maximum absolute atomic E-state index is 12.3. The van der Waals surface area contributed by atoms with Gasteiger partial charge >= 0.3 is 5.97 Å². The van der Waals surface area contributed by atoms with Gasteiger partial charge in [0.05, 0.1) is 21.6 Å². The zero-order valence-corrected chi connectivity index (χ0v) is 15.5. The highest BCUT2D eigenvalue weighted by Crippen LogP contribution is 2.22. The van der Waals surface area contributed by atoms with Crippen LogP contribution in [0.25, 0.3) is 0 Å². The van der Waals surface area contributed by atoms with Crippen LogP contribution >= 0.6 is 0 Å². The molecule has 8 heteroatoms. The van der Waals surface area contributed by atoms with Gasteiger partial charge in [-0.15, -0.1) is 0 Å². The molecule has 0 aliphatic heterocycles. The standard InChI is InChI=1S/C18H20N2O5S/c1-18(2,3)26(24,25)11-12-5-4-6-15(7-12)20-16(21)13-8-14(17(22)23)10-19-9-13/h4-10H,11H2,1-3H3,(H,20,21)(H,22,23). The van der Waals surface area contributed by atoms with Crippen molar-refractivity contribution in [2.45, 2.75) is 31.3 Å². The van der Waals surface area contributed by atoms with Gasteiger partial charge in [-0.1, -0.05) is 12.1 Å². The molecule has 0 atom stereocenters. The number of carboxylic acids is 1. The van der Waals surface area contributed by atoms with Crippen LogP contribution in [-0.4, -0.2) is 35.1 Å². The van der Waals surface area contributed by atoms with E-state index in [4.69, 9.17) is 5.11 Å². The predicted octanol–water partition coefficient (Wildman–Crippen LogP) is 2.75. The SMILES string of the molecule is CC(C)(C)S(=O)(=O)Cc1cccc(NC(=O)c2cncc(C(=O)O)c2)c1. The number of benzene rings is 1. The first-order valence-corrected chi connectivity index (χ1v) is 9.46. The van der Waals surface area contributed by atoms with E-state index < -0.39 is 26.5 Å². The third-order valence-corrected chi connectivity index (χ3v) is 6.30. The van der Waals surface area contributed by atoms with Crippen LogP contribution in [0.4, 0.5) is 5.69 Å². The molecule has 1 aromatic heterocycles. The number of carbonyl (C=O) groups is 2. The van der Waals surface area contributed by atoms with Crippen LogP contribution in [-0.2, 0) is 15.6 Å². The van der Waals surface area contributed by atoms with E-state index in [0.29, 0.717) is 11.3 Å². The second-order valence-electron chi connectivity index (χ2n) is 6.79. The Bertz CT molecular complexity index is 946. The molecule has 1 aromatic carbocycles. The topological polar surface area (TPSA) is 113 Å². The van der Waals surface area contributed by atoms with Gasteiger partial charge in [0.15, 0.2) is 9.84 Å². The average Bonchev–Trinajstić information content (AvgIpc) is 2.53. The number of pyridine rings is 1. The van der Waals surface area contributed by atoms with Crippen LogP contribution in [0, 0.1) is 0 Å². The van der Waals surface area contributed by atoms with E-state index in [1.165, 1.54) is 12.3 Å². The van der Waals surface area contributed by atoms with E-state index in [9.17, 15) is 18.0 Å². The van der Waals surface area contributed by atoms with Crippen LogP contribution in [0.1, 0.15) is 47.1 Å². The zero-order valence-electron chi connectivity index (χ0n) is 14.7. The molecule has 0 saturated carbocycles. The summed E-state index contributed by atoms with van der Waals surface area (Å²) in [5.74, 6) is -1.85. The molecule has 0 aliphatic rings. The number of hydrogen-bond donors (Lipinski definition) is 2. The van der Waals surface area contributed by atoms with Crippen molar-refractivity contribution in [2.75, 3.05) is 5.32 Å². The number of sulfone groups is 1. The molecule has 7 nitrogen and oxygen atoms in total. The van der Waals surface area contributed by atoms with Crippen molar-refractivity contribution >= 4 is 27.4 Å². The summed E-state index contributed by atoms with van der Waals surface area (Å²) in [5, 5.41) is 11.6. The van der Waals surface area contributed by atoms with Crippen molar-refractivity contribution in [1.29, 1.82) is 0 Å². The first kappa shape index (κ1) is 19.6. The third kappa shape index (κ3) is 4.66. The van der Waals surface area contributed by atoms with Crippen LogP contribution in [0.5, 0.6) is 0 Å². The number of hydrogen-bond acceptors (Lipinski definition) is 5. The molecular weight excluding hydrogens is 356 g/mol. The Kier molecular flexibility index (Phi) is 5.46. The summed E-state index contributed by atoms with van der Waals surface area (Å²) in [5.41, 5.74) is 0.966. The summed E-state index contributed by atoms with van der Waals surface area (Å²) in [7, 11) is -3.35. The van der Waals surface area contributed by atoms with Gasteiger partial charge in [-0.05, 0) is 44.5 Å². The van der Waals surface area contributed by atoms with Gasteiger partial charge in [0.1, 0.15) is 0 Å². The fourth-order valence-corrected chi connectivity index (χ4v) is 3.11. The van der Waals surface area contributed by atoms with Crippen LogP contribution in [0.3, 0.4) is 0 Å². The molecule has 0 aliphatic carbocycles. The average molecular weight is 376 g/mol. The number of amides is 1. The number of aromatic carboxylic acids is 1. The monoisotopic (exact) mass is 376 g/mol. The molecule has 0 fully saturated rings. The highest BCUT2D eigenvalue weighted by molar-refractivity contribution is 7.91. The lowest BCUT2D eigenvalue weighted by Crippen LogP contribution is -2.29. The lowest BCUT2D eigenvalue weighted by Gasteiger charge is -2.19. The van der Waals surface area contributed by atoms with Crippen molar-refractivity contribution < 1.29 is 23.1 Å². The van der Waals surface area contributed by atoms with E-state index in [0.717, 1.165) is 6.20 Å². The molecule has 0 spiro atoms. The smallest absolute Gasteiger partial charge is 0.337 e. The Morgan fingerprint density at radius 1 is 1.12 bits per heavy atom. The predicted molar refractivity (Wildman–Crippen MR) is 98.0 cm³/mol. The van der Waals surface area contributed by atoms with Gasteiger partial charge in [0.2, 0.25) is 0 Å². The van der Waals surface area contributed by atoms with Gasteiger partial charge in [0.25, 0.3) is 5.91 Å². The molecule has 138 valence electrons. The van der Waals surface area contributed by atoms with Gasteiger partial charge in [-0.2, -0.15) is 0 Å². The molecule has 0 radical (unpaired) electrons. The second kappa shape index (κ2) is 7.25. The van der Waals surface area contributed by atoms with Crippen molar-refractivity contribution in [3.05, 3.63) is 59.4 Å². The van der Waals surface area contributed by atoms with Gasteiger partial charge in [0, 0.05) is 18.1 Å². The second-order valence-corrected chi connectivity index (χ2v) is 9.54. The molecule has 2 aromatic rings. The number of carbonyl (C=O) groups excluding carboxylic acids is 1. The van der Waals surface area contributed by atoms with E-state index >= 15 is 0 Å². The Balaban J connectivity index is 2.20. The van der Waals surface area contributed by atoms with Crippen LogP contribution < -0.4 is 5.32 Å². The highest BCUT2D eigenvalue weighted by atomic mass is 32.2. The first-order valence-electron chi connectivity index (χ1n) is 7.80. The van der Waals surface area contributed by atoms with Crippen molar-refractivity contribution in [2.24, 2.45) is 0 Å². The molecule has 2 N–H and O–H groups in total. The lowest BCUT2D eigenvalue weighted by molar-refractivity contribution is 0.0696. The number of carboxylic acid groups (broad SMARTS) is 1. The molecule has 1 heterocycles. The van der Waals surface area contributed by atoms with Crippen LogP contribution in [0.2, 0.25) is 0 Å². The van der Waals surface area contributed by atoms with E-state index in [-0.39, 0.29) is 16.9 Å². The summed E-state index contributed by atoms with van der Waals surface area (Å²) in [6.07, 6.45) is 2.41. The van der Waals surface area contributed by atoms with E-state index in [1.54, 1.807) is 45.0 Å². The summed E-state index contributed by atoms with van der Waals surface area (Å²) in [6, 6.07) is 7.74. The number of aromatic nitrogens is 1. The molecule has 0 unspecified atom stereocenters.